The number of ether oxygens (including phenoxy) is 1. The van der Waals surface area contributed by atoms with Crippen molar-refractivity contribution in [3.63, 3.8) is 0 Å². The van der Waals surface area contributed by atoms with Crippen LogP contribution >= 0.6 is 0 Å². The highest BCUT2D eigenvalue weighted by Gasteiger charge is 2.01. The molecule has 0 saturated heterocycles. The summed E-state index contributed by atoms with van der Waals surface area (Å²) in [6, 6.07) is 1.95. The molecule has 3 heteroatoms. The standard InChI is InChI=1S/C10H15NO2/c1-8(2)9-5-10(7-11-6-9)13-4-3-12/h5-8,12H,3-4H2,1-2H3. The maximum atomic E-state index is 8.56. The predicted octanol–water partition coefficient (Wildman–Crippen LogP) is 1.58. The Labute approximate surface area is 78.4 Å². The first kappa shape index (κ1) is 9.99. The van der Waals surface area contributed by atoms with Crippen LogP contribution in [0.1, 0.15) is 25.3 Å². The monoisotopic (exact) mass is 181 g/mol. The van der Waals surface area contributed by atoms with Crippen LogP contribution < -0.4 is 4.74 Å². The molecule has 0 fully saturated rings. The fourth-order valence-electron chi connectivity index (χ4n) is 0.994. The summed E-state index contributed by atoms with van der Waals surface area (Å²) in [6.07, 6.45) is 3.48. The topological polar surface area (TPSA) is 42.4 Å². The smallest absolute Gasteiger partial charge is 0.137 e. The molecule has 72 valence electrons. The van der Waals surface area contributed by atoms with E-state index < -0.39 is 0 Å². The van der Waals surface area contributed by atoms with Crippen LogP contribution in [0.2, 0.25) is 0 Å². The highest BCUT2D eigenvalue weighted by atomic mass is 16.5. The molecule has 0 aliphatic heterocycles. The van der Waals surface area contributed by atoms with E-state index in [1.165, 1.54) is 0 Å². The average Bonchev–Trinajstić information content (AvgIpc) is 2.15. The van der Waals surface area contributed by atoms with Crippen molar-refractivity contribution in [2.75, 3.05) is 13.2 Å². The Balaban J connectivity index is 2.68. The molecule has 0 amide bonds. The van der Waals surface area contributed by atoms with Crippen molar-refractivity contribution in [3.05, 3.63) is 24.0 Å². The third-order valence-corrected chi connectivity index (χ3v) is 1.76. The molecule has 0 atom stereocenters. The Hall–Kier alpha value is -1.09. The van der Waals surface area contributed by atoms with Crippen molar-refractivity contribution in [3.8, 4) is 5.75 Å². The number of hydrogen-bond acceptors (Lipinski definition) is 3. The Bertz CT molecular complexity index is 261. The van der Waals surface area contributed by atoms with Crippen LogP contribution in [-0.2, 0) is 0 Å². The van der Waals surface area contributed by atoms with Crippen molar-refractivity contribution in [2.45, 2.75) is 19.8 Å². The van der Waals surface area contributed by atoms with E-state index >= 15 is 0 Å². The third-order valence-electron chi connectivity index (χ3n) is 1.76. The normalized spacial score (nSPS) is 10.5. The number of rotatable bonds is 4. The van der Waals surface area contributed by atoms with Gasteiger partial charge in [0, 0.05) is 6.20 Å². The highest BCUT2D eigenvalue weighted by molar-refractivity contribution is 5.25. The number of nitrogens with zero attached hydrogens (tertiary/aromatic N) is 1. The molecule has 0 aliphatic rings. The summed E-state index contributed by atoms with van der Waals surface area (Å²) in [6.45, 7) is 4.56. The Morgan fingerprint density at radius 3 is 2.85 bits per heavy atom. The van der Waals surface area contributed by atoms with Gasteiger partial charge in [0.25, 0.3) is 0 Å². The Morgan fingerprint density at radius 2 is 2.23 bits per heavy atom. The number of pyridine rings is 1. The van der Waals surface area contributed by atoms with E-state index in [0.717, 1.165) is 11.3 Å². The SMILES string of the molecule is CC(C)c1cncc(OCCO)c1. The van der Waals surface area contributed by atoms with E-state index in [9.17, 15) is 0 Å². The summed E-state index contributed by atoms with van der Waals surface area (Å²) in [7, 11) is 0. The van der Waals surface area contributed by atoms with Crippen LogP contribution in [0.5, 0.6) is 5.75 Å². The van der Waals surface area contributed by atoms with Gasteiger partial charge in [-0.05, 0) is 17.5 Å². The number of aliphatic hydroxyl groups is 1. The first-order chi connectivity index (χ1) is 6.24. The van der Waals surface area contributed by atoms with E-state index in [-0.39, 0.29) is 6.61 Å². The van der Waals surface area contributed by atoms with E-state index in [1.54, 1.807) is 6.20 Å². The molecular formula is C10H15NO2. The van der Waals surface area contributed by atoms with Gasteiger partial charge in [0.15, 0.2) is 0 Å². The minimum absolute atomic E-state index is 0.0336. The van der Waals surface area contributed by atoms with E-state index in [2.05, 4.69) is 18.8 Å². The summed E-state index contributed by atoms with van der Waals surface area (Å²) in [5.41, 5.74) is 1.15. The van der Waals surface area contributed by atoms with Gasteiger partial charge in [-0.2, -0.15) is 0 Å². The van der Waals surface area contributed by atoms with E-state index in [4.69, 9.17) is 9.84 Å². The number of hydrogen-bond donors (Lipinski definition) is 1. The Morgan fingerprint density at radius 1 is 1.46 bits per heavy atom. The van der Waals surface area contributed by atoms with Crippen LogP contribution in [0.3, 0.4) is 0 Å². The summed E-state index contributed by atoms with van der Waals surface area (Å²) in [5, 5.41) is 8.56. The van der Waals surface area contributed by atoms with Gasteiger partial charge >= 0.3 is 0 Å². The molecule has 0 radical (unpaired) electrons. The molecule has 0 unspecified atom stereocenters. The maximum absolute atomic E-state index is 8.56. The summed E-state index contributed by atoms with van der Waals surface area (Å²) in [4.78, 5) is 4.05. The fraction of sp³-hybridized carbons (Fsp3) is 0.500. The lowest BCUT2D eigenvalue weighted by atomic mass is 10.1. The molecule has 0 bridgehead atoms. The second-order valence-electron chi connectivity index (χ2n) is 3.18. The summed E-state index contributed by atoms with van der Waals surface area (Å²) < 4.78 is 5.23. The number of aliphatic hydroxyl groups excluding tert-OH is 1. The predicted molar refractivity (Wildman–Crippen MR) is 50.9 cm³/mol. The first-order valence-electron chi connectivity index (χ1n) is 4.42. The molecule has 1 N–H and O–H groups in total. The molecule has 1 heterocycles. The second-order valence-corrected chi connectivity index (χ2v) is 3.18. The minimum atomic E-state index is 0.0336. The molecule has 0 aromatic carbocycles. The quantitative estimate of drug-likeness (QED) is 0.766. The van der Waals surface area contributed by atoms with Crippen LogP contribution in [0.4, 0.5) is 0 Å². The van der Waals surface area contributed by atoms with Gasteiger partial charge in [-0.3, -0.25) is 4.98 Å². The zero-order valence-corrected chi connectivity index (χ0v) is 8.03. The van der Waals surface area contributed by atoms with Crippen LogP contribution in [-0.4, -0.2) is 23.3 Å². The van der Waals surface area contributed by atoms with Gasteiger partial charge < -0.3 is 9.84 Å². The van der Waals surface area contributed by atoms with Crippen molar-refractivity contribution in [1.29, 1.82) is 0 Å². The van der Waals surface area contributed by atoms with Gasteiger partial charge in [-0.25, -0.2) is 0 Å². The maximum Gasteiger partial charge on any atom is 0.137 e. The minimum Gasteiger partial charge on any atom is -0.490 e. The summed E-state index contributed by atoms with van der Waals surface area (Å²) in [5.74, 6) is 1.17. The molecule has 0 aliphatic carbocycles. The van der Waals surface area contributed by atoms with Gasteiger partial charge in [-0.1, -0.05) is 13.8 Å². The van der Waals surface area contributed by atoms with Crippen LogP contribution in [0.25, 0.3) is 0 Å². The number of aromatic nitrogens is 1. The van der Waals surface area contributed by atoms with Crippen LogP contribution in [0, 0.1) is 0 Å². The molecule has 1 aromatic rings. The second kappa shape index (κ2) is 4.82. The van der Waals surface area contributed by atoms with Gasteiger partial charge in [0.05, 0.1) is 12.8 Å². The largest absolute Gasteiger partial charge is 0.490 e. The van der Waals surface area contributed by atoms with Crippen LogP contribution in [0.15, 0.2) is 18.5 Å². The average molecular weight is 181 g/mol. The van der Waals surface area contributed by atoms with E-state index in [0.29, 0.717) is 12.5 Å². The summed E-state index contributed by atoms with van der Waals surface area (Å²) >= 11 is 0. The molecule has 1 aromatic heterocycles. The highest BCUT2D eigenvalue weighted by Crippen LogP contribution is 2.18. The molecule has 0 spiro atoms. The molecule has 0 saturated carbocycles. The van der Waals surface area contributed by atoms with Crippen molar-refractivity contribution >= 4 is 0 Å². The zero-order chi connectivity index (χ0) is 9.68. The van der Waals surface area contributed by atoms with Gasteiger partial charge in [-0.15, -0.1) is 0 Å². The molecule has 1 rings (SSSR count). The molecule has 3 nitrogen and oxygen atoms in total. The lowest BCUT2D eigenvalue weighted by molar-refractivity contribution is 0.201. The lowest BCUT2D eigenvalue weighted by Gasteiger charge is -2.07. The van der Waals surface area contributed by atoms with Crippen molar-refractivity contribution in [2.24, 2.45) is 0 Å². The first-order valence-corrected chi connectivity index (χ1v) is 4.42. The van der Waals surface area contributed by atoms with E-state index in [1.807, 2.05) is 12.3 Å². The van der Waals surface area contributed by atoms with Gasteiger partial charge in [0.2, 0.25) is 0 Å². The molecular weight excluding hydrogens is 166 g/mol. The lowest BCUT2D eigenvalue weighted by Crippen LogP contribution is -2.02. The van der Waals surface area contributed by atoms with Gasteiger partial charge in [0.1, 0.15) is 12.4 Å². The third kappa shape index (κ3) is 3.03. The zero-order valence-electron chi connectivity index (χ0n) is 8.03. The fourth-order valence-corrected chi connectivity index (χ4v) is 0.994. The Kier molecular flexibility index (Phi) is 3.71. The van der Waals surface area contributed by atoms with Crippen molar-refractivity contribution < 1.29 is 9.84 Å². The van der Waals surface area contributed by atoms with Crippen molar-refractivity contribution in [1.82, 2.24) is 4.98 Å². The molecule has 13 heavy (non-hydrogen) atoms.